The van der Waals surface area contributed by atoms with Crippen LogP contribution in [0.15, 0.2) is 36.7 Å². The van der Waals surface area contributed by atoms with Crippen LogP contribution in [0.25, 0.3) is 0 Å². The van der Waals surface area contributed by atoms with Gasteiger partial charge in [0.2, 0.25) is 0 Å². The maximum Gasteiger partial charge on any atom is 0.146 e. The molecule has 1 heterocycles. The van der Waals surface area contributed by atoms with Crippen LogP contribution >= 0.6 is 0 Å². The molecule has 2 aromatic rings. The van der Waals surface area contributed by atoms with Crippen LogP contribution < -0.4 is 5.32 Å². The zero-order chi connectivity index (χ0) is 13.7. The van der Waals surface area contributed by atoms with Crippen molar-refractivity contribution in [3.05, 3.63) is 48.0 Å². The first kappa shape index (κ1) is 13.7. The van der Waals surface area contributed by atoms with Gasteiger partial charge in [-0.3, -0.25) is 0 Å². The van der Waals surface area contributed by atoms with Gasteiger partial charge in [0.1, 0.15) is 12.2 Å². The predicted molar refractivity (Wildman–Crippen MR) is 73.4 cm³/mol. The highest BCUT2D eigenvalue weighted by atomic mass is 16.3. The molecule has 0 saturated carbocycles. The Balaban J connectivity index is 1.92. The first-order valence-corrected chi connectivity index (χ1v) is 6.49. The lowest BCUT2D eigenvalue weighted by Gasteiger charge is -2.24. The number of aliphatic hydroxyl groups is 1. The Morgan fingerprint density at radius 1 is 1.32 bits per heavy atom. The first-order valence-electron chi connectivity index (χ1n) is 6.49. The highest BCUT2D eigenvalue weighted by Gasteiger charge is 2.22. The molecule has 0 aliphatic heterocycles. The van der Waals surface area contributed by atoms with E-state index < -0.39 is 5.60 Å². The maximum atomic E-state index is 10.4. The number of rotatable bonds is 6. The molecule has 1 aromatic heterocycles. The highest BCUT2D eigenvalue weighted by Crippen LogP contribution is 2.18. The molecule has 1 unspecified atom stereocenters. The average molecular weight is 260 g/mol. The summed E-state index contributed by atoms with van der Waals surface area (Å²) in [7, 11) is 0. The van der Waals surface area contributed by atoms with Crippen LogP contribution in [0.4, 0.5) is 0 Å². The molecule has 102 valence electrons. The second kappa shape index (κ2) is 5.95. The predicted octanol–water partition coefficient (Wildman–Crippen LogP) is 1.30. The monoisotopic (exact) mass is 260 g/mol. The summed E-state index contributed by atoms with van der Waals surface area (Å²) in [6, 6.07) is 9.65. The van der Waals surface area contributed by atoms with Gasteiger partial charge in [-0.05, 0) is 19.4 Å². The lowest BCUT2D eigenvalue weighted by Crippen LogP contribution is -2.35. The third-order valence-corrected chi connectivity index (χ3v) is 3.18. The normalized spacial score (nSPS) is 14.3. The summed E-state index contributed by atoms with van der Waals surface area (Å²) in [5, 5.41) is 21.6. The zero-order valence-corrected chi connectivity index (χ0v) is 11.4. The molecule has 0 amide bonds. The van der Waals surface area contributed by atoms with Crippen LogP contribution in [0.1, 0.15) is 25.2 Å². The van der Waals surface area contributed by atoms with Crippen molar-refractivity contribution in [2.24, 2.45) is 0 Å². The number of nitrogens with zero attached hydrogens (tertiary/aromatic N) is 3. The lowest BCUT2D eigenvalue weighted by atomic mass is 9.96. The molecule has 0 bridgehead atoms. The second-order valence-corrected chi connectivity index (χ2v) is 4.78. The van der Waals surface area contributed by atoms with E-state index in [0.29, 0.717) is 13.1 Å². The zero-order valence-electron chi connectivity index (χ0n) is 11.4. The summed E-state index contributed by atoms with van der Waals surface area (Å²) in [4.78, 5) is 0. The molecule has 5 heteroatoms. The minimum Gasteiger partial charge on any atom is -0.384 e. The summed E-state index contributed by atoms with van der Waals surface area (Å²) in [6.45, 7) is 5.76. The molecule has 2 rings (SSSR count). The van der Waals surface area contributed by atoms with Gasteiger partial charge in [0.25, 0.3) is 0 Å². The Hall–Kier alpha value is -1.72. The summed E-state index contributed by atoms with van der Waals surface area (Å²) in [6.07, 6.45) is 1.71. The van der Waals surface area contributed by atoms with E-state index in [-0.39, 0.29) is 0 Å². The molecule has 1 atom stereocenters. The van der Waals surface area contributed by atoms with Crippen molar-refractivity contribution in [2.45, 2.75) is 32.5 Å². The Morgan fingerprint density at radius 2 is 2.05 bits per heavy atom. The molecular weight excluding hydrogens is 240 g/mol. The molecule has 19 heavy (non-hydrogen) atoms. The first-order chi connectivity index (χ1) is 9.13. The van der Waals surface area contributed by atoms with E-state index in [0.717, 1.165) is 17.9 Å². The van der Waals surface area contributed by atoms with Crippen molar-refractivity contribution in [1.82, 2.24) is 20.1 Å². The average Bonchev–Trinajstić information content (AvgIpc) is 2.87. The van der Waals surface area contributed by atoms with E-state index in [2.05, 4.69) is 15.5 Å². The van der Waals surface area contributed by atoms with E-state index in [4.69, 9.17) is 0 Å². The van der Waals surface area contributed by atoms with Gasteiger partial charge in [-0.1, -0.05) is 30.3 Å². The van der Waals surface area contributed by atoms with E-state index in [1.54, 1.807) is 13.3 Å². The van der Waals surface area contributed by atoms with Crippen molar-refractivity contribution in [3.8, 4) is 0 Å². The van der Waals surface area contributed by atoms with E-state index in [1.165, 1.54) is 0 Å². The van der Waals surface area contributed by atoms with Gasteiger partial charge in [-0.15, -0.1) is 10.2 Å². The number of aromatic nitrogens is 3. The number of hydrogen-bond acceptors (Lipinski definition) is 4. The smallest absolute Gasteiger partial charge is 0.146 e. The topological polar surface area (TPSA) is 63.0 Å². The third-order valence-electron chi connectivity index (χ3n) is 3.18. The Labute approximate surface area is 113 Å². The molecule has 0 saturated heterocycles. The van der Waals surface area contributed by atoms with Gasteiger partial charge in [0, 0.05) is 13.1 Å². The number of hydrogen-bond donors (Lipinski definition) is 2. The van der Waals surface area contributed by atoms with Crippen molar-refractivity contribution in [1.29, 1.82) is 0 Å². The number of aryl methyl sites for hydroxylation is 1. The van der Waals surface area contributed by atoms with Gasteiger partial charge in [0.15, 0.2) is 0 Å². The summed E-state index contributed by atoms with van der Waals surface area (Å²) < 4.78 is 1.98. The van der Waals surface area contributed by atoms with E-state index >= 15 is 0 Å². The molecule has 2 N–H and O–H groups in total. The maximum absolute atomic E-state index is 10.4. The SMILES string of the molecule is CCn1cnnc1CNCC(C)(O)c1ccccc1. The molecule has 0 aliphatic carbocycles. The number of benzene rings is 1. The quantitative estimate of drug-likeness (QED) is 0.821. The van der Waals surface area contributed by atoms with Gasteiger partial charge >= 0.3 is 0 Å². The fourth-order valence-electron chi connectivity index (χ4n) is 2.00. The van der Waals surface area contributed by atoms with Crippen molar-refractivity contribution < 1.29 is 5.11 Å². The van der Waals surface area contributed by atoms with Crippen molar-refractivity contribution in [3.63, 3.8) is 0 Å². The second-order valence-electron chi connectivity index (χ2n) is 4.78. The van der Waals surface area contributed by atoms with Crippen molar-refractivity contribution in [2.75, 3.05) is 6.54 Å². The molecule has 1 aromatic carbocycles. The Kier molecular flexibility index (Phi) is 4.29. The van der Waals surface area contributed by atoms with Crippen LogP contribution in [-0.4, -0.2) is 26.4 Å². The van der Waals surface area contributed by atoms with Gasteiger partial charge in [0.05, 0.1) is 12.1 Å². The summed E-state index contributed by atoms with van der Waals surface area (Å²) >= 11 is 0. The van der Waals surface area contributed by atoms with E-state index in [9.17, 15) is 5.11 Å². The van der Waals surface area contributed by atoms with Crippen LogP contribution in [0.3, 0.4) is 0 Å². The lowest BCUT2D eigenvalue weighted by molar-refractivity contribution is 0.0564. The fourth-order valence-corrected chi connectivity index (χ4v) is 2.00. The van der Waals surface area contributed by atoms with Gasteiger partial charge in [-0.2, -0.15) is 0 Å². The Bertz CT molecular complexity index is 507. The molecule has 0 fully saturated rings. The largest absolute Gasteiger partial charge is 0.384 e. The molecule has 5 nitrogen and oxygen atoms in total. The molecular formula is C14H20N4O. The molecule has 0 aliphatic rings. The van der Waals surface area contributed by atoms with Crippen LogP contribution in [0.2, 0.25) is 0 Å². The van der Waals surface area contributed by atoms with Gasteiger partial charge < -0.3 is 15.0 Å². The highest BCUT2D eigenvalue weighted by molar-refractivity contribution is 5.21. The minimum atomic E-state index is -0.891. The summed E-state index contributed by atoms with van der Waals surface area (Å²) in [5.41, 5.74) is 0.0117. The van der Waals surface area contributed by atoms with Crippen LogP contribution in [0.5, 0.6) is 0 Å². The van der Waals surface area contributed by atoms with Crippen molar-refractivity contribution >= 4 is 0 Å². The molecule has 0 radical (unpaired) electrons. The summed E-state index contributed by atoms with van der Waals surface area (Å²) in [5.74, 6) is 0.881. The Morgan fingerprint density at radius 3 is 2.74 bits per heavy atom. The van der Waals surface area contributed by atoms with E-state index in [1.807, 2.05) is 41.8 Å². The van der Waals surface area contributed by atoms with Crippen LogP contribution in [0, 0.1) is 0 Å². The molecule has 0 spiro atoms. The van der Waals surface area contributed by atoms with Gasteiger partial charge in [-0.25, -0.2) is 0 Å². The minimum absolute atomic E-state index is 0.466. The standard InChI is InChI=1S/C14H20N4O/c1-3-18-11-16-17-13(18)9-15-10-14(2,19)12-7-5-4-6-8-12/h4-8,11,15,19H,3,9-10H2,1-2H3. The fraction of sp³-hybridized carbons (Fsp3) is 0.429. The van der Waals surface area contributed by atoms with Crippen LogP contribution in [-0.2, 0) is 18.7 Å². The third kappa shape index (κ3) is 3.39. The number of nitrogens with one attached hydrogen (secondary N) is 1.